The Balaban J connectivity index is 1.49. The maximum Gasteiger partial charge on any atom is 0.185 e. The van der Waals surface area contributed by atoms with E-state index in [9.17, 15) is 9.90 Å². The van der Waals surface area contributed by atoms with Crippen molar-refractivity contribution in [3.8, 4) is 5.75 Å². The fraction of sp³-hybridized carbons (Fsp3) is 0.370. The first-order valence-electron chi connectivity index (χ1n) is 11.6. The maximum atomic E-state index is 12.6. The van der Waals surface area contributed by atoms with Crippen LogP contribution in [0.1, 0.15) is 41.6 Å². The number of ketones is 1. The SMILES string of the molecule is COc1ccc(C(=O)/C=C/c2cn(C[C@@H](O)C[NH+]3CCCCCC3)c3ccccc23)cc1. The first-order chi connectivity index (χ1) is 15.6. The molecule has 5 nitrogen and oxygen atoms in total. The number of allylic oxidation sites excluding steroid dienone is 1. The molecule has 0 amide bonds. The summed E-state index contributed by atoms with van der Waals surface area (Å²) in [7, 11) is 1.61. The topological polar surface area (TPSA) is 55.9 Å². The van der Waals surface area contributed by atoms with E-state index in [1.807, 2.05) is 24.4 Å². The summed E-state index contributed by atoms with van der Waals surface area (Å²) in [6, 6.07) is 15.3. The quantitative estimate of drug-likeness (QED) is 0.423. The molecule has 0 saturated carbocycles. The average Bonchev–Trinajstić information content (AvgIpc) is 2.97. The predicted molar refractivity (Wildman–Crippen MR) is 128 cm³/mol. The molecule has 32 heavy (non-hydrogen) atoms. The van der Waals surface area contributed by atoms with Crippen LogP contribution in [0.25, 0.3) is 17.0 Å². The van der Waals surface area contributed by atoms with Gasteiger partial charge in [-0.3, -0.25) is 4.79 Å². The zero-order chi connectivity index (χ0) is 22.3. The third kappa shape index (κ3) is 5.47. The number of hydrogen-bond acceptors (Lipinski definition) is 3. The number of carbonyl (C=O) groups excluding carboxylic acids is 1. The van der Waals surface area contributed by atoms with Gasteiger partial charge in [0.15, 0.2) is 5.78 Å². The van der Waals surface area contributed by atoms with Gasteiger partial charge in [-0.1, -0.05) is 18.2 Å². The van der Waals surface area contributed by atoms with E-state index in [-0.39, 0.29) is 5.78 Å². The number of fused-ring (bicyclic) bond motifs is 1. The van der Waals surface area contributed by atoms with Crippen LogP contribution in [-0.2, 0) is 6.54 Å². The number of ether oxygens (including phenoxy) is 1. The Hall–Kier alpha value is -2.89. The number of hydrogen-bond donors (Lipinski definition) is 2. The molecule has 168 valence electrons. The molecule has 1 aromatic heterocycles. The molecule has 1 aliphatic heterocycles. The van der Waals surface area contributed by atoms with Gasteiger partial charge in [-0.2, -0.15) is 0 Å². The van der Waals surface area contributed by atoms with E-state index < -0.39 is 6.10 Å². The van der Waals surface area contributed by atoms with Crippen molar-refractivity contribution >= 4 is 22.8 Å². The van der Waals surface area contributed by atoms with Crippen molar-refractivity contribution in [1.82, 2.24) is 4.57 Å². The van der Waals surface area contributed by atoms with Crippen LogP contribution in [0.4, 0.5) is 0 Å². The molecule has 3 aromatic rings. The molecule has 4 rings (SSSR count). The summed E-state index contributed by atoms with van der Waals surface area (Å²) in [5.74, 6) is 0.684. The monoisotopic (exact) mass is 433 g/mol. The molecule has 0 unspecified atom stereocenters. The smallest absolute Gasteiger partial charge is 0.185 e. The van der Waals surface area contributed by atoms with Crippen molar-refractivity contribution in [1.29, 1.82) is 0 Å². The molecule has 1 atom stereocenters. The normalized spacial score (nSPS) is 16.3. The second-order valence-corrected chi connectivity index (χ2v) is 8.70. The lowest BCUT2D eigenvalue weighted by atomic mass is 10.1. The Morgan fingerprint density at radius 3 is 2.53 bits per heavy atom. The highest BCUT2D eigenvalue weighted by molar-refractivity contribution is 6.07. The van der Waals surface area contributed by atoms with E-state index in [1.54, 1.807) is 37.5 Å². The minimum absolute atomic E-state index is 0.0470. The highest BCUT2D eigenvalue weighted by Gasteiger charge is 2.18. The maximum absolute atomic E-state index is 12.6. The van der Waals surface area contributed by atoms with Gasteiger partial charge in [0.25, 0.3) is 0 Å². The van der Waals surface area contributed by atoms with E-state index in [0.29, 0.717) is 12.1 Å². The number of nitrogens with zero attached hydrogens (tertiary/aromatic N) is 1. The third-order valence-corrected chi connectivity index (χ3v) is 6.35. The van der Waals surface area contributed by atoms with Crippen LogP contribution in [-0.4, -0.2) is 48.3 Å². The highest BCUT2D eigenvalue weighted by Crippen LogP contribution is 2.23. The molecule has 0 bridgehead atoms. The van der Waals surface area contributed by atoms with Crippen LogP contribution in [0.3, 0.4) is 0 Å². The van der Waals surface area contributed by atoms with Gasteiger partial charge in [0, 0.05) is 28.2 Å². The Kier molecular flexibility index (Phi) is 7.40. The summed E-state index contributed by atoms with van der Waals surface area (Å²) in [6.07, 6.45) is 10.3. The second kappa shape index (κ2) is 10.6. The predicted octanol–water partition coefficient (Wildman–Crippen LogP) is 3.37. The summed E-state index contributed by atoms with van der Waals surface area (Å²) < 4.78 is 7.28. The number of methoxy groups -OCH3 is 1. The molecule has 0 radical (unpaired) electrons. The summed E-state index contributed by atoms with van der Waals surface area (Å²) in [5.41, 5.74) is 2.69. The zero-order valence-electron chi connectivity index (χ0n) is 18.8. The summed E-state index contributed by atoms with van der Waals surface area (Å²) >= 11 is 0. The van der Waals surface area contributed by atoms with Crippen molar-refractivity contribution < 1.29 is 19.5 Å². The number of aliphatic hydroxyl groups excluding tert-OH is 1. The molecule has 0 spiro atoms. The molecule has 1 aliphatic rings. The molecule has 5 heteroatoms. The standard InChI is InChI=1S/C27H32N2O3/c1-32-24-13-10-21(11-14-24)27(31)15-12-22-18-29(26-9-5-4-8-25(22)26)20-23(30)19-28-16-6-2-3-7-17-28/h4-5,8-15,18,23,30H,2-3,6-7,16-17,19-20H2,1H3/p+1/b15-12+/t23-/m0/s1. The Morgan fingerprint density at radius 2 is 1.81 bits per heavy atom. The molecular formula is C27H33N2O3+. The number of carbonyl (C=O) groups is 1. The van der Waals surface area contributed by atoms with Crippen LogP contribution >= 0.6 is 0 Å². The number of likely N-dealkylation sites (tertiary alicyclic amines) is 1. The summed E-state index contributed by atoms with van der Waals surface area (Å²) in [4.78, 5) is 14.1. The number of nitrogens with one attached hydrogen (secondary N) is 1. The number of quaternary nitrogens is 1. The Morgan fingerprint density at radius 1 is 1.09 bits per heavy atom. The molecule has 2 N–H and O–H groups in total. The molecule has 1 fully saturated rings. The minimum Gasteiger partial charge on any atom is -0.497 e. The van der Waals surface area contributed by atoms with Crippen molar-refractivity contribution in [2.75, 3.05) is 26.7 Å². The molecule has 2 heterocycles. The largest absolute Gasteiger partial charge is 0.497 e. The van der Waals surface area contributed by atoms with Crippen LogP contribution in [0, 0.1) is 0 Å². The summed E-state index contributed by atoms with van der Waals surface area (Å²) in [5, 5.41) is 11.9. The Bertz CT molecular complexity index is 1060. The van der Waals surface area contributed by atoms with Crippen molar-refractivity contribution in [3.05, 3.63) is 71.9 Å². The van der Waals surface area contributed by atoms with Crippen LogP contribution < -0.4 is 9.64 Å². The zero-order valence-corrected chi connectivity index (χ0v) is 18.8. The number of benzene rings is 2. The van der Waals surface area contributed by atoms with E-state index in [4.69, 9.17) is 4.74 Å². The van der Waals surface area contributed by atoms with Crippen LogP contribution in [0.2, 0.25) is 0 Å². The summed E-state index contributed by atoms with van der Waals surface area (Å²) in [6.45, 7) is 3.66. The highest BCUT2D eigenvalue weighted by atomic mass is 16.5. The fourth-order valence-corrected chi connectivity index (χ4v) is 4.63. The van der Waals surface area contributed by atoms with Gasteiger partial charge in [0.1, 0.15) is 18.4 Å². The number of rotatable bonds is 8. The number of para-hydroxylation sites is 1. The molecule has 0 aliphatic carbocycles. The minimum atomic E-state index is -0.392. The van der Waals surface area contributed by atoms with Crippen molar-refractivity contribution in [2.45, 2.75) is 38.3 Å². The van der Waals surface area contributed by atoms with Gasteiger partial charge < -0.3 is 19.3 Å². The first kappa shape index (κ1) is 22.3. The number of aliphatic hydroxyl groups is 1. The lowest BCUT2D eigenvalue weighted by Crippen LogP contribution is -3.13. The van der Waals surface area contributed by atoms with E-state index in [0.717, 1.165) is 41.9 Å². The van der Waals surface area contributed by atoms with Gasteiger partial charge in [0.2, 0.25) is 0 Å². The average molecular weight is 434 g/mol. The second-order valence-electron chi connectivity index (χ2n) is 8.70. The van der Waals surface area contributed by atoms with Crippen molar-refractivity contribution in [3.63, 3.8) is 0 Å². The van der Waals surface area contributed by atoms with Gasteiger partial charge in [-0.25, -0.2) is 0 Å². The van der Waals surface area contributed by atoms with Gasteiger partial charge >= 0.3 is 0 Å². The van der Waals surface area contributed by atoms with Crippen LogP contribution in [0.15, 0.2) is 60.8 Å². The fourth-order valence-electron chi connectivity index (χ4n) is 4.63. The first-order valence-corrected chi connectivity index (χ1v) is 11.6. The van der Waals surface area contributed by atoms with E-state index in [1.165, 1.54) is 30.6 Å². The molecular weight excluding hydrogens is 400 g/mol. The van der Waals surface area contributed by atoms with E-state index in [2.05, 4.69) is 16.7 Å². The number of aromatic nitrogens is 1. The lowest BCUT2D eigenvalue weighted by Gasteiger charge is -2.21. The van der Waals surface area contributed by atoms with E-state index >= 15 is 0 Å². The lowest BCUT2D eigenvalue weighted by molar-refractivity contribution is -0.902. The molecule has 2 aromatic carbocycles. The van der Waals surface area contributed by atoms with Gasteiger partial charge in [-0.15, -0.1) is 0 Å². The van der Waals surface area contributed by atoms with Crippen molar-refractivity contribution in [2.24, 2.45) is 0 Å². The van der Waals surface area contributed by atoms with Gasteiger partial charge in [-0.05, 0) is 68.2 Å². The molecule has 1 saturated heterocycles. The van der Waals surface area contributed by atoms with Crippen LogP contribution in [0.5, 0.6) is 5.75 Å². The third-order valence-electron chi connectivity index (χ3n) is 6.35. The Labute approximate surface area is 189 Å². The van der Waals surface area contributed by atoms with Gasteiger partial charge in [0.05, 0.1) is 26.7 Å².